The van der Waals surface area contributed by atoms with Crippen LogP contribution in [0, 0.1) is 0 Å². The van der Waals surface area contributed by atoms with Crippen molar-refractivity contribution in [2.24, 2.45) is 0 Å². The smallest absolute Gasteiger partial charge is 0.0455 e. The third-order valence-corrected chi connectivity index (χ3v) is 5.34. The van der Waals surface area contributed by atoms with Crippen molar-refractivity contribution >= 4 is 48.8 Å². The Morgan fingerprint density at radius 1 is 0.818 bits per heavy atom. The molecule has 3 aromatic carbocycles. The molecular formula is C19H14ClNS. The molecule has 0 spiro atoms. The third kappa shape index (κ3) is 2.45. The summed E-state index contributed by atoms with van der Waals surface area (Å²) in [4.78, 5) is 0. The molecule has 0 unspecified atom stereocenters. The van der Waals surface area contributed by atoms with Gasteiger partial charge < -0.3 is 5.32 Å². The number of hydrogen-bond acceptors (Lipinski definition) is 2. The molecule has 0 bridgehead atoms. The third-order valence-electron chi connectivity index (χ3n) is 3.82. The Hall–Kier alpha value is -2.03. The second-order valence-electron chi connectivity index (χ2n) is 5.25. The molecular weight excluding hydrogens is 310 g/mol. The van der Waals surface area contributed by atoms with Crippen molar-refractivity contribution in [1.29, 1.82) is 0 Å². The monoisotopic (exact) mass is 323 g/mol. The first-order chi connectivity index (χ1) is 10.8. The van der Waals surface area contributed by atoms with E-state index in [1.807, 2.05) is 35.6 Å². The van der Waals surface area contributed by atoms with E-state index in [4.69, 9.17) is 11.6 Å². The Bertz CT molecular complexity index is 958. The summed E-state index contributed by atoms with van der Waals surface area (Å²) < 4.78 is 2.66. The zero-order valence-electron chi connectivity index (χ0n) is 11.8. The van der Waals surface area contributed by atoms with E-state index in [2.05, 4.69) is 47.8 Å². The largest absolute Gasteiger partial charge is 0.381 e. The van der Waals surface area contributed by atoms with Crippen LogP contribution in [-0.4, -0.2) is 0 Å². The molecule has 3 heteroatoms. The summed E-state index contributed by atoms with van der Waals surface area (Å²) in [5.41, 5.74) is 2.23. The lowest BCUT2D eigenvalue weighted by Crippen LogP contribution is -1.99. The molecule has 0 aliphatic carbocycles. The molecule has 0 saturated carbocycles. The van der Waals surface area contributed by atoms with Gasteiger partial charge in [0.05, 0.1) is 0 Å². The second-order valence-corrected chi connectivity index (χ2v) is 6.75. The van der Waals surface area contributed by atoms with Crippen molar-refractivity contribution < 1.29 is 0 Å². The topological polar surface area (TPSA) is 12.0 Å². The van der Waals surface area contributed by atoms with Crippen molar-refractivity contribution in [2.75, 3.05) is 5.32 Å². The highest BCUT2D eigenvalue weighted by Gasteiger charge is 2.05. The molecule has 1 N–H and O–H groups in total. The van der Waals surface area contributed by atoms with Gasteiger partial charge in [-0.15, -0.1) is 11.3 Å². The molecule has 1 heterocycles. The lowest BCUT2D eigenvalue weighted by atomic mass is 10.1. The van der Waals surface area contributed by atoms with E-state index in [9.17, 15) is 0 Å². The predicted octanol–water partition coefficient (Wildman–Crippen LogP) is 6.32. The molecule has 0 aliphatic rings. The molecule has 0 fully saturated rings. The predicted molar refractivity (Wildman–Crippen MR) is 98.1 cm³/mol. The van der Waals surface area contributed by atoms with Gasteiger partial charge in [-0.3, -0.25) is 0 Å². The van der Waals surface area contributed by atoms with Gasteiger partial charge in [0.15, 0.2) is 0 Å². The van der Waals surface area contributed by atoms with Gasteiger partial charge in [0.25, 0.3) is 0 Å². The second kappa shape index (κ2) is 5.64. The van der Waals surface area contributed by atoms with Gasteiger partial charge in [-0.2, -0.15) is 0 Å². The number of hydrogen-bond donors (Lipinski definition) is 1. The van der Waals surface area contributed by atoms with Gasteiger partial charge in [0.1, 0.15) is 0 Å². The summed E-state index contributed by atoms with van der Waals surface area (Å²) in [7, 11) is 0. The highest BCUT2D eigenvalue weighted by molar-refractivity contribution is 7.25. The Labute approximate surface area is 138 Å². The van der Waals surface area contributed by atoms with E-state index in [1.54, 1.807) is 0 Å². The van der Waals surface area contributed by atoms with Crippen LogP contribution in [0.2, 0.25) is 5.02 Å². The number of benzene rings is 3. The van der Waals surface area contributed by atoms with Gasteiger partial charge in [0.2, 0.25) is 0 Å². The zero-order valence-corrected chi connectivity index (χ0v) is 13.4. The minimum Gasteiger partial charge on any atom is -0.381 e. The fourth-order valence-corrected chi connectivity index (χ4v) is 3.96. The number of thiophene rings is 1. The molecule has 1 nitrogen and oxygen atoms in total. The van der Waals surface area contributed by atoms with Crippen LogP contribution in [0.4, 0.5) is 5.69 Å². The van der Waals surface area contributed by atoms with Crippen LogP contribution in [0.25, 0.3) is 20.2 Å². The van der Waals surface area contributed by atoms with Crippen LogP contribution in [0.15, 0.2) is 66.7 Å². The Balaban J connectivity index is 1.67. The lowest BCUT2D eigenvalue weighted by molar-refractivity contribution is 1.15. The Morgan fingerprint density at radius 3 is 2.50 bits per heavy atom. The first kappa shape index (κ1) is 13.6. The van der Waals surface area contributed by atoms with Crippen LogP contribution < -0.4 is 5.32 Å². The maximum atomic E-state index is 6.21. The van der Waals surface area contributed by atoms with Crippen molar-refractivity contribution in [3.63, 3.8) is 0 Å². The summed E-state index contributed by atoms with van der Waals surface area (Å²) >= 11 is 8.05. The minimum absolute atomic E-state index is 0.729. The van der Waals surface area contributed by atoms with Crippen LogP contribution in [-0.2, 0) is 6.54 Å². The summed E-state index contributed by atoms with van der Waals surface area (Å²) in [5.74, 6) is 0. The van der Waals surface area contributed by atoms with Crippen molar-refractivity contribution in [3.05, 3.63) is 77.3 Å². The molecule has 108 valence electrons. The number of halogens is 1. The van der Waals surface area contributed by atoms with E-state index in [0.29, 0.717) is 0 Å². The molecule has 0 aliphatic heterocycles. The molecule has 1 aromatic heterocycles. The number of fused-ring (bicyclic) bond motifs is 3. The standard InChI is InChI=1S/C19H14ClNS/c20-17-7-3-1-5-13(17)12-21-14-9-10-19-16(11-14)15-6-2-4-8-18(15)22-19/h1-11,21H,12H2. The van der Waals surface area contributed by atoms with E-state index in [1.165, 1.54) is 20.2 Å². The summed E-state index contributed by atoms with van der Waals surface area (Å²) in [6, 6.07) is 23.0. The highest BCUT2D eigenvalue weighted by atomic mass is 35.5. The minimum atomic E-state index is 0.729. The number of anilines is 1. The van der Waals surface area contributed by atoms with Crippen molar-refractivity contribution in [3.8, 4) is 0 Å². The van der Waals surface area contributed by atoms with Gasteiger partial charge >= 0.3 is 0 Å². The zero-order chi connectivity index (χ0) is 14.9. The molecule has 0 amide bonds. The maximum Gasteiger partial charge on any atom is 0.0455 e. The lowest BCUT2D eigenvalue weighted by Gasteiger charge is -2.08. The number of rotatable bonds is 3. The first-order valence-electron chi connectivity index (χ1n) is 7.20. The summed E-state index contributed by atoms with van der Waals surface area (Å²) in [6.07, 6.45) is 0. The molecule has 0 radical (unpaired) electrons. The van der Waals surface area contributed by atoms with Crippen molar-refractivity contribution in [2.45, 2.75) is 6.54 Å². The molecule has 4 aromatic rings. The highest BCUT2D eigenvalue weighted by Crippen LogP contribution is 2.35. The summed E-state index contributed by atoms with van der Waals surface area (Å²) in [6.45, 7) is 0.729. The van der Waals surface area contributed by atoms with E-state index < -0.39 is 0 Å². The number of nitrogens with one attached hydrogen (secondary N) is 1. The SMILES string of the molecule is Clc1ccccc1CNc1ccc2sc3ccccc3c2c1. The fourth-order valence-electron chi connectivity index (χ4n) is 2.68. The van der Waals surface area contributed by atoms with E-state index in [0.717, 1.165) is 22.8 Å². The fraction of sp³-hybridized carbons (Fsp3) is 0.0526. The normalized spacial score (nSPS) is 11.1. The average Bonchev–Trinajstić information content (AvgIpc) is 2.92. The molecule has 0 saturated heterocycles. The molecule has 22 heavy (non-hydrogen) atoms. The average molecular weight is 324 g/mol. The Kier molecular flexibility index (Phi) is 3.49. The van der Waals surface area contributed by atoms with Crippen LogP contribution in [0.5, 0.6) is 0 Å². The van der Waals surface area contributed by atoms with Crippen LogP contribution >= 0.6 is 22.9 Å². The molecule has 4 rings (SSSR count). The first-order valence-corrected chi connectivity index (χ1v) is 8.39. The van der Waals surface area contributed by atoms with E-state index in [-0.39, 0.29) is 0 Å². The van der Waals surface area contributed by atoms with E-state index >= 15 is 0 Å². The quantitative estimate of drug-likeness (QED) is 0.465. The van der Waals surface area contributed by atoms with Crippen LogP contribution in [0.3, 0.4) is 0 Å². The van der Waals surface area contributed by atoms with Crippen LogP contribution in [0.1, 0.15) is 5.56 Å². The van der Waals surface area contributed by atoms with Gasteiger partial charge in [0, 0.05) is 37.4 Å². The van der Waals surface area contributed by atoms with Gasteiger partial charge in [-0.05, 0) is 35.9 Å². The van der Waals surface area contributed by atoms with Gasteiger partial charge in [-0.1, -0.05) is 48.0 Å². The Morgan fingerprint density at radius 2 is 1.59 bits per heavy atom. The molecule has 0 atom stereocenters. The maximum absolute atomic E-state index is 6.21. The van der Waals surface area contributed by atoms with Crippen molar-refractivity contribution in [1.82, 2.24) is 0 Å². The summed E-state index contributed by atoms with van der Waals surface area (Å²) in [5, 5.41) is 6.90. The van der Waals surface area contributed by atoms with Gasteiger partial charge in [-0.25, -0.2) is 0 Å².